The van der Waals surface area contributed by atoms with E-state index in [9.17, 15) is 14.7 Å². The Morgan fingerprint density at radius 3 is 2.86 bits per heavy atom. The van der Waals surface area contributed by atoms with Crippen LogP contribution in [0.25, 0.3) is 0 Å². The molecule has 0 atom stereocenters. The minimum atomic E-state index is -0.875. The summed E-state index contributed by atoms with van der Waals surface area (Å²) in [6.45, 7) is 1.53. The second-order valence-corrected chi connectivity index (χ2v) is 5.79. The summed E-state index contributed by atoms with van der Waals surface area (Å²) in [5, 5.41) is 12.3. The highest BCUT2D eigenvalue weighted by molar-refractivity contribution is 5.91. The van der Waals surface area contributed by atoms with Crippen LogP contribution in [0, 0.1) is 0 Å². The monoisotopic (exact) mass is 288 g/mol. The van der Waals surface area contributed by atoms with Crippen LogP contribution < -0.4 is 10.2 Å². The zero-order valence-corrected chi connectivity index (χ0v) is 12.0. The number of nitrogens with one attached hydrogen (secondary N) is 1. The fraction of sp³-hybridized carbons (Fsp3) is 0.500. The normalized spacial score (nSPS) is 17.2. The van der Waals surface area contributed by atoms with E-state index < -0.39 is 5.97 Å². The van der Waals surface area contributed by atoms with Crippen molar-refractivity contribution in [3.63, 3.8) is 0 Å². The number of hydrogen-bond donors (Lipinski definition) is 2. The van der Waals surface area contributed by atoms with Crippen molar-refractivity contribution in [2.75, 3.05) is 18.0 Å². The molecule has 1 heterocycles. The predicted octanol–water partition coefficient (Wildman–Crippen LogP) is 1.81. The number of carboxylic acid groups (broad SMARTS) is 1. The van der Waals surface area contributed by atoms with E-state index in [4.69, 9.17) is 0 Å². The van der Waals surface area contributed by atoms with E-state index in [0.717, 1.165) is 43.5 Å². The maximum Gasteiger partial charge on any atom is 0.336 e. The lowest BCUT2D eigenvalue weighted by atomic mass is 9.96. The molecule has 1 aromatic rings. The van der Waals surface area contributed by atoms with E-state index in [2.05, 4.69) is 10.2 Å². The Morgan fingerprint density at radius 1 is 1.33 bits per heavy atom. The molecular formula is C16H20N2O3. The van der Waals surface area contributed by atoms with Crippen molar-refractivity contribution < 1.29 is 14.7 Å². The summed E-state index contributed by atoms with van der Waals surface area (Å²) in [6, 6.07) is 5.79. The number of fused-ring (bicyclic) bond motifs is 1. The highest BCUT2D eigenvalue weighted by atomic mass is 16.4. The van der Waals surface area contributed by atoms with Crippen molar-refractivity contribution in [3.05, 3.63) is 29.3 Å². The van der Waals surface area contributed by atoms with Crippen LogP contribution in [0.3, 0.4) is 0 Å². The Kier molecular flexibility index (Phi) is 3.82. The fourth-order valence-electron chi connectivity index (χ4n) is 2.90. The Hall–Kier alpha value is -2.04. The van der Waals surface area contributed by atoms with Crippen molar-refractivity contribution in [2.24, 2.45) is 0 Å². The van der Waals surface area contributed by atoms with Crippen LogP contribution in [-0.4, -0.2) is 36.1 Å². The molecule has 5 nitrogen and oxygen atoms in total. The SMILES string of the molecule is O=C(CCN1CCCc2c(C(=O)O)cccc21)NC1CC1. The van der Waals surface area contributed by atoms with Gasteiger partial charge in [0.15, 0.2) is 0 Å². The zero-order valence-electron chi connectivity index (χ0n) is 12.0. The van der Waals surface area contributed by atoms with Gasteiger partial charge in [-0.05, 0) is 43.4 Å². The first kappa shape index (κ1) is 13.9. The summed E-state index contributed by atoms with van der Waals surface area (Å²) in [4.78, 5) is 25.2. The van der Waals surface area contributed by atoms with E-state index in [1.54, 1.807) is 12.1 Å². The molecule has 2 aliphatic rings. The van der Waals surface area contributed by atoms with Gasteiger partial charge in [0, 0.05) is 31.2 Å². The third-order valence-corrected chi connectivity index (χ3v) is 4.13. The van der Waals surface area contributed by atoms with E-state index >= 15 is 0 Å². The molecule has 21 heavy (non-hydrogen) atoms. The second kappa shape index (κ2) is 5.76. The standard InChI is InChI=1S/C16H20N2O3/c19-15(17-11-6-7-11)8-10-18-9-2-4-12-13(16(20)21)3-1-5-14(12)18/h1,3,5,11H,2,4,6-10H2,(H,17,19)(H,20,21). The Bertz CT molecular complexity index is 567. The van der Waals surface area contributed by atoms with Crippen LogP contribution in [0.5, 0.6) is 0 Å². The molecule has 1 aliphatic heterocycles. The number of rotatable bonds is 5. The largest absolute Gasteiger partial charge is 0.478 e. The number of amides is 1. The number of carboxylic acids is 1. The van der Waals surface area contributed by atoms with Crippen LogP contribution >= 0.6 is 0 Å². The quantitative estimate of drug-likeness (QED) is 0.867. The average molecular weight is 288 g/mol. The number of carbonyl (C=O) groups excluding carboxylic acids is 1. The smallest absolute Gasteiger partial charge is 0.336 e. The fourth-order valence-corrected chi connectivity index (χ4v) is 2.90. The first-order chi connectivity index (χ1) is 10.1. The summed E-state index contributed by atoms with van der Waals surface area (Å²) < 4.78 is 0. The van der Waals surface area contributed by atoms with Gasteiger partial charge in [-0.3, -0.25) is 4.79 Å². The molecule has 0 saturated heterocycles. The number of benzene rings is 1. The van der Waals surface area contributed by atoms with Gasteiger partial charge in [-0.2, -0.15) is 0 Å². The highest BCUT2D eigenvalue weighted by Crippen LogP contribution is 2.30. The summed E-state index contributed by atoms with van der Waals surface area (Å²) in [6.07, 6.45) is 4.39. The lowest BCUT2D eigenvalue weighted by Gasteiger charge is -2.32. The molecule has 1 amide bonds. The van der Waals surface area contributed by atoms with Crippen molar-refractivity contribution >= 4 is 17.6 Å². The molecule has 0 unspecified atom stereocenters. The minimum absolute atomic E-state index is 0.0963. The molecule has 112 valence electrons. The number of nitrogens with zero attached hydrogens (tertiary/aromatic N) is 1. The maximum absolute atomic E-state index is 11.8. The van der Waals surface area contributed by atoms with E-state index in [0.29, 0.717) is 24.6 Å². The molecule has 3 rings (SSSR count). The van der Waals surface area contributed by atoms with Crippen LogP contribution in [0.15, 0.2) is 18.2 Å². The molecule has 5 heteroatoms. The van der Waals surface area contributed by atoms with E-state index in [1.165, 1.54) is 0 Å². The van der Waals surface area contributed by atoms with Gasteiger partial charge < -0.3 is 15.3 Å². The van der Waals surface area contributed by atoms with E-state index in [-0.39, 0.29) is 5.91 Å². The Morgan fingerprint density at radius 2 is 2.14 bits per heavy atom. The molecule has 0 radical (unpaired) electrons. The molecule has 1 saturated carbocycles. The molecule has 1 aromatic carbocycles. The number of carbonyl (C=O) groups is 2. The first-order valence-corrected chi connectivity index (χ1v) is 7.54. The summed E-state index contributed by atoms with van der Waals surface area (Å²) in [5.41, 5.74) is 2.26. The zero-order chi connectivity index (χ0) is 14.8. The van der Waals surface area contributed by atoms with Gasteiger partial charge in [0.1, 0.15) is 0 Å². The predicted molar refractivity (Wildman–Crippen MR) is 79.7 cm³/mol. The summed E-state index contributed by atoms with van der Waals surface area (Å²) in [7, 11) is 0. The van der Waals surface area contributed by atoms with Crippen molar-refractivity contribution in [1.29, 1.82) is 0 Å². The lowest BCUT2D eigenvalue weighted by molar-refractivity contribution is -0.121. The molecule has 0 bridgehead atoms. The minimum Gasteiger partial charge on any atom is -0.478 e. The van der Waals surface area contributed by atoms with Gasteiger partial charge in [0.25, 0.3) is 0 Å². The summed E-state index contributed by atoms with van der Waals surface area (Å²) >= 11 is 0. The number of aromatic carboxylic acids is 1. The third kappa shape index (κ3) is 3.17. The highest BCUT2D eigenvalue weighted by Gasteiger charge is 2.25. The van der Waals surface area contributed by atoms with Gasteiger partial charge in [-0.25, -0.2) is 4.79 Å². The van der Waals surface area contributed by atoms with Gasteiger partial charge in [-0.1, -0.05) is 6.07 Å². The van der Waals surface area contributed by atoms with Gasteiger partial charge in [0.05, 0.1) is 5.56 Å². The number of hydrogen-bond acceptors (Lipinski definition) is 3. The van der Waals surface area contributed by atoms with Gasteiger partial charge in [-0.15, -0.1) is 0 Å². The topological polar surface area (TPSA) is 69.6 Å². The first-order valence-electron chi connectivity index (χ1n) is 7.54. The summed E-state index contributed by atoms with van der Waals surface area (Å²) in [5.74, 6) is -0.779. The lowest BCUT2D eigenvalue weighted by Crippen LogP contribution is -2.35. The number of anilines is 1. The Labute approximate surface area is 123 Å². The molecule has 0 spiro atoms. The molecule has 1 fully saturated rings. The average Bonchev–Trinajstić information content (AvgIpc) is 3.28. The molecule has 1 aliphatic carbocycles. The van der Waals surface area contributed by atoms with Crippen LogP contribution in [0.2, 0.25) is 0 Å². The van der Waals surface area contributed by atoms with Crippen LogP contribution in [0.4, 0.5) is 5.69 Å². The molecule has 0 aromatic heterocycles. The molecular weight excluding hydrogens is 268 g/mol. The van der Waals surface area contributed by atoms with Crippen molar-refractivity contribution in [2.45, 2.75) is 38.1 Å². The van der Waals surface area contributed by atoms with Crippen LogP contribution in [0.1, 0.15) is 41.6 Å². The van der Waals surface area contributed by atoms with Gasteiger partial charge >= 0.3 is 5.97 Å². The van der Waals surface area contributed by atoms with E-state index in [1.807, 2.05) is 6.07 Å². The van der Waals surface area contributed by atoms with Crippen molar-refractivity contribution in [3.8, 4) is 0 Å². The Balaban J connectivity index is 1.69. The molecule has 2 N–H and O–H groups in total. The maximum atomic E-state index is 11.8. The second-order valence-electron chi connectivity index (χ2n) is 5.79. The van der Waals surface area contributed by atoms with Crippen molar-refractivity contribution in [1.82, 2.24) is 5.32 Å². The third-order valence-electron chi connectivity index (χ3n) is 4.13. The van der Waals surface area contributed by atoms with Crippen LogP contribution in [-0.2, 0) is 11.2 Å². The van der Waals surface area contributed by atoms with Gasteiger partial charge in [0.2, 0.25) is 5.91 Å².